The lowest BCUT2D eigenvalue weighted by molar-refractivity contribution is -0.153. The smallest absolute Gasteiger partial charge is 0.422 e. The average Bonchev–Trinajstić information content (AvgIpc) is 2.79. The van der Waals surface area contributed by atoms with Crippen LogP contribution in [0.15, 0.2) is 77.6 Å². The Bertz CT molecular complexity index is 1380. The number of ether oxygens (including phenoxy) is 1. The normalized spacial score (nSPS) is 11.4. The summed E-state index contributed by atoms with van der Waals surface area (Å²) in [5.41, 5.74) is 0.714. The van der Waals surface area contributed by atoms with Gasteiger partial charge in [0.15, 0.2) is 12.3 Å². The van der Waals surface area contributed by atoms with E-state index in [9.17, 15) is 22.8 Å². The van der Waals surface area contributed by atoms with E-state index in [4.69, 9.17) is 4.74 Å². The Labute approximate surface area is 186 Å². The maximum absolute atomic E-state index is 13.2. The maximum Gasteiger partial charge on any atom is 0.422 e. The second-order valence-corrected chi connectivity index (χ2v) is 7.30. The van der Waals surface area contributed by atoms with Gasteiger partial charge < -0.3 is 10.1 Å². The molecular formula is C24H18F3N3O3. The van der Waals surface area contributed by atoms with Crippen LogP contribution in [0.5, 0.6) is 5.75 Å². The SMILES string of the molecule is Cc1ccc(NC(=O)c2nn(-c3ccccc3)c(=O)c3ccccc23)c(OCC(F)(F)F)c1. The number of rotatable bonds is 5. The summed E-state index contributed by atoms with van der Waals surface area (Å²) in [6.07, 6.45) is -4.53. The third-order valence-electron chi connectivity index (χ3n) is 4.80. The first-order valence-electron chi connectivity index (χ1n) is 9.92. The first-order valence-corrected chi connectivity index (χ1v) is 9.92. The molecule has 6 nitrogen and oxygen atoms in total. The van der Waals surface area contributed by atoms with Crippen LogP contribution in [0.1, 0.15) is 16.1 Å². The monoisotopic (exact) mass is 453 g/mol. The molecule has 0 bridgehead atoms. The van der Waals surface area contributed by atoms with Gasteiger partial charge in [0.05, 0.1) is 16.8 Å². The third kappa shape index (κ3) is 4.87. The molecule has 0 saturated carbocycles. The lowest BCUT2D eigenvalue weighted by Crippen LogP contribution is -2.26. The molecule has 1 amide bonds. The molecule has 0 unspecified atom stereocenters. The molecule has 0 spiro atoms. The van der Waals surface area contributed by atoms with Crippen molar-refractivity contribution in [3.05, 3.63) is 94.4 Å². The Hall–Kier alpha value is -4.14. The molecule has 0 radical (unpaired) electrons. The topological polar surface area (TPSA) is 73.2 Å². The first-order chi connectivity index (χ1) is 15.7. The van der Waals surface area contributed by atoms with Crippen molar-refractivity contribution in [3.8, 4) is 11.4 Å². The Morgan fingerprint density at radius 1 is 1.00 bits per heavy atom. The van der Waals surface area contributed by atoms with Crippen LogP contribution in [0.2, 0.25) is 0 Å². The van der Waals surface area contributed by atoms with Gasteiger partial charge in [-0.3, -0.25) is 9.59 Å². The highest BCUT2D eigenvalue weighted by Gasteiger charge is 2.29. The molecule has 0 saturated heterocycles. The van der Waals surface area contributed by atoms with Gasteiger partial charge in [-0.15, -0.1) is 0 Å². The summed E-state index contributed by atoms with van der Waals surface area (Å²) in [5, 5.41) is 7.44. The second kappa shape index (κ2) is 8.78. The van der Waals surface area contributed by atoms with Gasteiger partial charge in [-0.25, -0.2) is 0 Å². The minimum atomic E-state index is -4.53. The molecule has 0 aliphatic heterocycles. The Morgan fingerprint density at radius 2 is 1.67 bits per heavy atom. The van der Waals surface area contributed by atoms with E-state index in [1.54, 1.807) is 67.6 Å². The lowest BCUT2D eigenvalue weighted by atomic mass is 10.1. The molecule has 1 N–H and O–H groups in total. The van der Waals surface area contributed by atoms with Gasteiger partial charge in [-0.05, 0) is 42.8 Å². The highest BCUT2D eigenvalue weighted by Crippen LogP contribution is 2.29. The third-order valence-corrected chi connectivity index (χ3v) is 4.80. The van der Waals surface area contributed by atoms with Gasteiger partial charge in [0, 0.05) is 5.39 Å². The van der Waals surface area contributed by atoms with Gasteiger partial charge in [0.1, 0.15) is 5.75 Å². The average molecular weight is 453 g/mol. The van der Waals surface area contributed by atoms with Crippen molar-refractivity contribution >= 4 is 22.4 Å². The highest BCUT2D eigenvalue weighted by molar-refractivity contribution is 6.11. The number of aryl methyl sites for hydroxylation is 1. The summed E-state index contributed by atoms with van der Waals surface area (Å²) < 4.78 is 44.0. The van der Waals surface area contributed by atoms with Gasteiger partial charge in [0.2, 0.25) is 0 Å². The number of carbonyl (C=O) groups is 1. The molecule has 3 aromatic carbocycles. The number of carbonyl (C=O) groups excluding carboxylic acids is 1. The van der Waals surface area contributed by atoms with Crippen molar-refractivity contribution in [2.75, 3.05) is 11.9 Å². The number of nitrogens with zero attached hydrogens (tertiary/aromatic N) is 2. The summed E-state index contributed by atoms with van der Waals surface area (Å²) >= 11 is 0. The number of hydrogen-bond acceptors (Lipinski definition) is 4. The molecule has 4 aromatic rings. The minimum absolute atomic E-state index is 0.0539. The van der Waals surface area contributed by atoms with Crippen LogP contribution in [-0.4, -0.2) is 28.5 Å². The van der Waals surface area contributed by atoms with Crippen molar-refractivity contribution in [1.82, 2.24) is 9.78 Å². The summed E-state index contributed by atoms with van der Waals surface area (Å²) in [4.78, 5) is 26.2. The molecule has 0 aliphatic rings. The predicted octanol–water partition coefficient (Wildman–Crippen LogP) is 4.89. The van der Waals surface area contributed by atoms with Crippen molar-refractivity contribution in [2.45, 2.75) is 13.1 Å². The lowest BCUT2D eigenvalue weighted by Gasteiger charge is -2.15. The summed E-state index contributed by atoms with van der Waals surface area (Å²) in [6.45, 7) is 0.191. The van der Waals surface area contributed by atoms with Crippen LogP contribution in [0.4, 0.5) is 18.9 Å². The van der Waals surface area contributed by atoms with E-state index in [1.165, 1.54) is 12.1 Å². The van der Waals surface area contributed by atoms with E-state index >= 15 is 0 Å². The molecule has 0 atom stereocenters. The molecule has 4 rings (SSSR count). The molecule has 33 heavy (non-hydrogen) atoms. The van der Waals surface area contributed by atoms with Crippen LogP contribution in [-0.2, 0) is 0 Å². The predicted molar refractivity (Wildman–Crippen MR) is 118 cm³/mol. The zero-order valence-corrected chi connectivity index (χ0v) is 17.4. The molecule has 9 heteroatoms. The standard InChI is InChI=1S/C24H18F3N3O3/c1-15-11-12-19(20(13-15)33-14-24(25,26)27)28-22(31)21-17-9-5-6-10-18(17)23(32)30(29-21)16-7-3-2-4-8-16/h2-13H,14H2,1H3,(H,28,31). The molecule has 1 aromatic heterocycles. The number of fused-ring (bicyclic) bond motifs is 1. The van der Waals surface area contributed by atoms with Crippen LogP contribution in [0.25, 0.3) is 16.5 Å². The molecule has 0 fully saturated rings. The van der Waals surface area contributed by atoms with Crippen molar-refractivity contribution < 1.29 is 22.7 Å². The Balaban J connectivity index is 1.77. The molecule has 168 valence electrons. The van der Waals surface area contributed by atoms with E-state index in [-0.39, 0.29) is 22.5 Å². The number of amides is 1. The zero-order valence-electron chi connectivity index (χ0n) is 17.4. The number of anilines is 1. The van der Waals surface area contributed by atoms with Crippen molar-refractivity contribution in [2.24, 2.45) is 0 Å². The number of aromatic nitrogens is 2. The van der Waals surface area contributed by atoms with Crippen LogP contribution in [0, 0.1) is 6.92 Å². The maximum atomic E-state index is 13.2. The zero-order chi connectivity index (χ0) is 23.6. The summed E-state index contributed by atoms with van der Waals surface area (Å²) in [7, 11) is 0. The van der Waals surface area contributed by atoms with Gasteiger partial charge in [0.25, 0.3) is 11.5 Å². The van der Waals surface area contributed by atoms with E-state index in [1.807, 2.05) is 0 Å². The number of nitrogens with one attached hydrogen (secondary N) is 1. The van der Waals surface area contributed by atoms with Crippen molar-refractivity contribution in [1.29, 1.82) is 0 Å². The Morgan fingerprint density at radius 3 is 2.36 bits per heavy atom. The van der Waals surface area contributed by atoms with Gasteiger partial charge in [-0.2, -0.15) is 23.0 Å². The number of alkyl halides is 3. The fourth-order valence-corrected chi connectivity index (χ4v) is 3.29. The summed E-state index contributed by atoms with van der Waals surface area (Å²) in [6, 6.07) is 19.6. The van der Waals surface area contributed by atoms with Gasteiger partial charge >= 0.3 is 6.18 Å². The number of halogens is 3. The number of hydrogen-bond donors (Lipinski definition) is 1. The largest absolute Gasteiger partial charge is 0.482 e. The fraction of sp³-hybridized carbons (Fsp3) is 0.125. The fourth-order valence-electron chi connectivity index (χ4n) is 3.29. The first kappa shape index (κ1) is 22.1. The van der Waals surface area contributed by atoms with Crippen LogP contribution < -0.4 is 15.6 Å². The van der Waals surface area contributed by atoms with E-state index in [0.29, 0.717) is 16.6 Å². The Kier molecular flexibility index (Phi) is 5.87. The van der Waals surface area contributed by atoms with E-state index in [2.05, 4.69) is 10.4 Å². The van der Waals surface area contributed by atoms with E-state index < -0.39 is 24.2 Å². The molecular weight excluding hydrogens is 435 g/mol. The minimum Gasteiger partial charge on any atom is -0.482 e. The molecule has 1 heterocycles. The number of benzene rings is 3. The van der Waals surface area contributed by atoms with E-state index in [0.717, 1.165) is 4.68 Å². The quantitative estimate of drug-likeness (QED) is 0.467. The highest BCUT2D eigenvalue weighted by atomic mass is 19.4. The van der Waals surface area contributed by atoms with Crippen LogP contribution in [0.3, 0.4) is 0 Å². The molecule has 0 aliphatic carbocycles. The van der Waals surface area contributed by atoms with Gasteiger partial charge in [-0.1, -0.05) is 42.5 Å². The van der Waals surface area contributed by atoms with Crippen LogP contribution >= 0.6 is 0 Å². The number of para-hydroxylation sites is 1. The summed E-state index contributed by atoms with van der Waals surface area (Å²) in [5.74, 6) is -0.821. The second-order valence-electron chi connectivity index (χ2n) is 7.30. The van der Waals surface area contributed by atoms with Crippen molar-refractivity contribution in [3.63, 3.8) is 0 Å².